The molecule has 1 heterocycles. The molecule has 0 spiro atoms. The van der Waals surface area contributed by atoms with Crippen molar-refractivity contribution in [2.45, 2.75) is 32.5 Å². The lowest BCUT2D eigenvalue weighted by Crippen LogP contribution is -2.46. The number of rotatable bonds is 8. The van der Waals surface area contributed by atoms with Crippen molar-refractivity contribution in [3.05, 3.63) is 0 Å². The second kappa shape index (κ2) is 9.47. The fraction of sp³-hybridized carbons (Fsp3) is 0.875. The largest absolute Gasteiger partial charge is 0.343 e. The molecule has 1 aliphatic rings. The quantitative estimate of drug-likeness (QED) is 0.665. The van der Waals surface area contributed by atoms with Crippen LogP contribution in [0, 0.1) is 5.92 Å². The van der Waals surface area contributed by atoms with Crippen LogP contribution in [0.25, 0.3) is 0 Å². The molecule has 0 radical (unpaired) electrons. The van der Waals surface area contributed by atoms with Gasteiger partial charge in [-0.25, -0.2) is 4.39 Å². The number of amides is 2. The van der Waals surface area contributed by atoms with Gasteiger partial charge in [0.05, 0.1) is 24.9 Å². The molecule has 5 nitrogen and oxygen atoms in total. The number of halogens is 1. The number of nitrogens with zero attached hydrogens (tertiary/aromatic N) is 3. The Hall–Kier alpha value is -0.820. The number of hydrogen-bond acceptors (Lipinski definition) is 4. The van der Waals surface area contributed by atoms with Crippen molar-refractivity contribution in [2.24, 2.45) is 5.92 Å². The second-order valence-corrected chi connectivity index (χ2v) is 7.98. The number of likely N-dealkylation sites (N-methyl/N-ethyl adjacent to an activating group) is 2. The summed E-state index contributed by atoms with van der Waals surface area (Å²) in [6.45, 7) is 5.05. The van der Waals surface area contributed by atoms with Gasteiger partial charge in [0.15, 0.2) is 0 Å². The summed E-state index contributed by atoms with van der Waals surface area (Å²) in [5.41, 5.74) is 0. The highest BCUT2D eigenvalue weighted by atomic mass is 32.2. The van der Waals surface area contributed by atoms with Crippen LogP contribution in [0.5, 0.6) is 0 Å². The number of alkyl halides is 1. The highest BCUT2D eigenvalue weighted by molar-refractivity contribution is 7.99. The van der Waals surface area contributed by atoms with E-state index in [1.807, 2.05) is 14.1 Å². The molecule has 2 amide bonds. The summed E-state index contributed by atoms with van der Waals surface area (Å²) in [6, 6.07) is -0.221. The first kappa shape index (κ1) is 20.2. The number of hydrogen-bond donors (Lipinski definition) is 0. The minimum Gasteiger partial charge on any atom is -0.343 e. The number of carbonyl (C=O) groups excluding carboxylic acids is 2. The molecule has 23 heavy (non-hydrogen) atoms. The standard InChI is InChI=1S/C16H30FN3O2S/c1-12(2)10-23-11-16(22)19(5)8-14-6-13(17)7-20(14)15(21)9-18(3)4/h12-14H,6-11H2,1-5H3/t13-,14-/m0/s1. The fourth-order valence-electron chi connectivity index (χ4n) is 2.61. The van der Waals surface area contributed by atoms with E-state index >= 15 is 0 Å². The zero-order chi connectivity index (χ0) is 17.6. The molecule has 0 unspecified atom stereocenters. The fourth-order valence-corrected chi connectivity index (χ4v) is 3.59. The molecular weight excluding hydrogens is 317 g/mol. The van der Waals surface area contributed by atoms with Gasteiger partial charge in [-0.15, -0.1) is 0 Å². The molecule has 0 aromatic carbocycles. The van der Waals surface area contributed by atoms with Gasteiger partial charge in [-0.3, -0.25) is 9.59 Å². The van der Waals surface area contributed by atoms with Crippen molar-refractivity contribution in [2.75, 3.05) is 52.3 Å². The third-order valence-corrected chi connectivity index (χ3v) is 5.08. The van der Waals surface area contributed by atoms with E-state index < -0.39 is 6.17 Å². The molecular formula is C16H30FN3O2S. The monoisotopic (exact) mass is 347 g/mol. The Morgan fingerprint density at radius 1 is 1.30 bits per heavy atom. The molecule has 1 aliphatic heterocycles. The summed E-state index contributed by atoms with van der Waals surface area (Å²) in [4.78, 5) is 29.4. The van der Waals surface area contributed by atoms with Crippen LogP contribution >= 0.6 is 11.8 Å². The van der Waals surface area contributed by atoms with Crippen molar-refractivity contribution < 1.29 is 14.0 Å². The molecule has 0 aliphatic carbocycles. The van der Waals surface area contributed by atoms with E-state index in [2.05, 4.69) is 13.8 Å². The van der Waals surface area contributed by atoms with Gasteiger partial charge in [0, 0.05) is 20.0 Å². The van der Waals surface area contributed by atoms with Crippen molar-refractivity contribution >= 4 is 23.6 Å². The van der Waals surface area contributed by atoms with E-state index in [-0.39, 0.29) is 30.9 Å². The van der Waals surface area contributed by atoms with Gasteiger partial charge in [-0.1, -0.05) is 13.8 Å². The van der Waals surface area contributed by atoms with Gasteiger partial charge in [0.1, 0.15) is 6.17 Å². The third-order valence-electron chi connectivity index (χ3n) is 3.72. The van der Waals surface area contributed by atoms with Crippen molar-refractivity contribution in [3.8, 4) is 0 Å². The number of thioether (sulfide) groups is 1. The zero-order valence-electron chi connectivity index (χ0n) is 14.9. The average molecular weight is 348 g/mol. The normalized spacial score (nSPS) is 21.3. The molecule has 2 atom stereocenters. The zero-order valence-corrected chi connectivity index (χ0v) is 15.7. The first-order valence-corrected chi connectivity index (χ1v) is 9.26. The Morgan fingerprint density at radius 3 is 2.52 bits per heavy atom. The van der Waals surface area contributed by atoms with E-state index in [0.717, 1.165) is 5.75 Å². The Balaban J connectivity index is 2.51. The van der Waals surface area contributed by atoms with Crippen LogP contribution in [0.15, 0.2) is 0 Å². The predicted molar refractivity (Wildman–Crippen MR) is 93.4 cm³/mol. The van der Waals surface area contributed by atoms with Crippen molar-refractivity contribution in [1.82, 2.24) is 14.7 Å². The Labute approximate surface area is 143 Å². The van der Waals surface area contributed by atoms with Gasteiger partial charge < -0.3 is 14.7 Å². The minimum absolute atomic E-state index is 0.0398. The molecule has 0 aromatic rings. The smallest absolute Gasteiger partial charge is 0.237 e. The summed E-state index contributed by atoms with van der Waals surface area (Å²) in [7, 11) is 5.37. The molecule has 134 valence electrons. The van der Waals surface area contributed by atoms with Crippen LogP contribution in [0.3, 0.4) is 0 Å². The first-order valence-electron chi connectivity index (χ1n) is 8.10. The van der Waals surface area contributed by atoms with E-state index in [4.69, 9.17) is 0 Å². The van der Waals surface area contributed by atoms with Crippen LogP contribution in [0.2, 0.25) is 0 Å². The maximum Gasteiger partial charge on any atom is 0.237 e. The van der Waals surface area contributed by atoms with Crippen LogP contribution < -0.4 is 0 Å². The molecule has 7 heteroatoms. The lowest BCUT2D eigenvalue weighted by molar-refractivity contribution is -0.135. The van der Waals surface area contributed by atoms with Crippen molar-refractivity contribution in [3.63, 3.8) is 0 Å². The molecule has 1 saturated heterocycles. The summed E-state index contributed by atoms with van der Waals surface area (Å²) >= 11 is 1.62. The Kier molecular flexibility index (Phi) is 8.33. The maximum atomic E-state index is 13.7. The van der Waals surface area contributed by atoms with Gasteiger partial charge in [0.2, 0.25) is 11.8 Å². The third kappa shape index (κ3) is 7.08. The van der Waals surface area contributed by atoms with Crippen LogP contribution in [0.1, 0.15) is 20.3 Å². The van der Waals surface area contributed by atoms with Crippen LogP contribution in [-0.4, -0.2) is 91.0 Å². The Morgan fingerprint density at radius 2 is 1.96 bits per heavy atom. The highest BCUT2D eigenvalue weighted by Gasteiger charge is 2.36. The van der Waals surface area contributed by atoms with Crippen molar-refractivity contribution in [1.29, 1.82) is 0 Å². The lowest BCUT2D eigenvalue weighted by atomic mass is 10.2. The number of likely N-dealkylation sites (tertiary alicyclic amines) is 1. The Bertz CT molecular complexity index is 407. The molecule has 0 saturated carbocycles. The highest BCUT2D eigenvalue weighted by Crippen LogP contribution is 2.21. The predicted octanol–water partition coefficient (Wildman–Crippen LogP) is 1.33. The van der Waals surface area contributed by atoms with Crippen LogP contribution in [0.4, 0.5) is 4.39 Å². The van der Waals surface area contributed by atoms with Gasteiger partial charge >= 0.3 is 0 Å². The average Bonchev–Trinajstić information content (AvgIpc) is 2.78. The first-order chi connectivity index (χ1) is 10.7. The van der Waals surface area contributed by atoms with Gasteiger partial charge in [0.25, 0.3) is 0 Å². The second-order valence-electron chi connectivity index (χ2n) is 6.95. The van der Waals surface area contributed by atoms with E-state index in [0.29, 0.717) is 24.6 Å². The van der Waals surface area contributed by atoms with E-state index in [1.165, 1.54) is 0 Å². The SMILES string of the molecule is CC(C)CSCC(=O)N(C)C[C@@H]1C[C@H](F)CN1C(=O)CN(C)C. The summed E-state index contributed by atoms with van der Waals surface area (Å²) < 4.78 is 13.7. The van der Waals surface area contributed by atoms with Gasteiger partial charge in [-0.2, -0.15) is 11.8 Å². The minimum atomic E-state index is -0.995. The summed E-state index contributed by atoms with van der Waals surface area (Å²) in [6.07, 6.45) is -0.680. The van der Waals surface area contributed by atoms with E-state index in [1.54, 1.807) is 33.5 Å². The molecule has 0 N–H and O–H groups in total. The summed E-state index contributed by atoms with van der Waals surface area (Å²) in [5, 5.41) is 0. The summed E-state index contributed by atoms with van der Waals surface area (Å²) in [5.74, 6) is 1.90. The molecule has 1 fully saturated rings. The van der Waals surface area contributed by atoms with Crippen LogP contribution in [-0.2, 0) is 9.59 Å². The number of carbonyl (C=O) groups is 2. The van der Waals surface area contributed by atoms with Gasteiger partial charge in [-0.05, 0) is 25.8 Å². The molecule has 0 aromatic heterocycles. The topological polar surface area (TPSA) is 43.9 Å². The molecule has 0 bridgehead atoms. The lowest BCUT2D eigenvalue weighted by Gasteiger charge is -2.29. The van der Waals surface area contributed by atoms with E-state index in [9.17, 15) is 14.0 Å². The molecule has 1 rings (SSSR count). The maximum absolute atomic E-state index is 13.7.